The molecule has 24 heavy (non-hydrogen) atoms. The van der Waals surface area contributed by atoms with Crippen molar-refractivity contribution in [2.75, 3.05) is 26.0 Å². The lowest BCUT2D eigenvalue weighted by Gasteiger charge is -2.22. The Morgan fingerprint density at radius 3 is 2.54 bits per heavy atom. The second kappa shape index (κ2) is 7.69. The van der Waals surface area contributed by atoms with E-state index in [1.54, 1.807) is 18.2 Å². The summed E-state index contributed by atoms with van der Waals surface area (Å²) in [4.78, 5) is 32.0. The van der Waals surface area contributed by atoms with Crippen molar-refractivity contribution in [3.05, 3.63) is 30.1 Å². The monoisotopic (exact) mass is 331 g/mol. The average Bonchev–Trinajstić information content (AvgIpc) is 2.51. The third-order valence-electron chi connectivity index (χ3n) is 3.46. The number of benzene rings is 1. The summed E-state index contributed by atoms with van der Waals surface area (Å²) >= 11 is 0. The largest absolute Gasteiger partial charge is 0.550 e. The molecule has 8 nitrogen and oxygen atoms in total. The van der Waals surface area contributed by atoms with Gasteiger partial charge in [-0.2, -0.15) is 0 Å². The molecule has 0 aliphatic rings. The van der Waals surface area contributed by atoms with Gasteiger partial charge in [0.1, 0.15) is 11.6 Å². The minimum Gasteiger partial charge on any atom is -0.550 e. The fourth-order valence-corrected chi connectivity index (χ4v) is 2.23. The molecule has 0 amide bonds. The van der Waals surface area contributed by atoms with E-state index in [0.717, 1.165) is 6.54 Å². The molecular formula is C16H19N4O4-. The summed E-state index contributed by atoms with van der Waals surface area (Å²) in [7, 11) is 4.01. The van der Waals surface area contributed by atoms with Crippen LogP contribution < -0.4 is 20.4 Å². The molecule has 1 aromatic carbocycles. The number of quaternary nitrogens is 1. The van der Waals surface area contributed by atoms with Crippen LogP contribution in [0.15, 0.2) is 24.3 Å². The molecule has 0 saturated carbocycles. The molecule has 0 unspecified atom stereocenters. The molecule has 1 heterocycles. The number of nitrogens with one attached hydrogen (secondary N) is 2. The van der Waals surface area contributed by atoms with Gasteiger partial charge in [0, 0.05) is 17.8 Å². The van der Waals surface area contributed by atoms with E-state index in [1.165, 1.54) is 4.90 Å². The predicted octanol–water partition coefficient (Wildman–Crippen LogP) is -3.01. The van der Waals surface area contributed by atoms with Gasteiger partial charge in [0.2, 0.25) is 0 Å². The molecule has 0 bridgehead atoms. The van der Waals surface area contributed by atoms with E-state index < -0.39 is 24.4 Å². The Morgan fingerprint density at radius 1 is 1.21 bits per heavy atom. The number of carboxylic acid groups (broad SMARTS) is 2. The normalized spacial score (nSPS) is 12.3. The lowest BCUT2D eigenvalue weighted by molar-refractivity contribution is -0.858. The number of hydrogen-bond acceptors (Lipinski definition) is 7. The summed E-state index contributed by atoms with van der Waals surface area (Å²) in [6.45, 7) is 0.806. The molecule has 0 aliphatic carbocycles. The molecule has 8 heteroatoms. The van der Waals surface area contributed by atoms with Gasteiger partial charge in [-0.25, -0.2) is 9.97 Å². The van der Waals surface area contributed by atoms with Crippen molar-refractivity contribution in [1.29, 1.82) is 0 Å². The van der Waals surface area contributed by atoms with Crippen molar-refractivity contribution in [2.24, 2.45) is 0 Å². The van der Waals surface area contributed by atoms with Crippen LogP contribution in [0.25, 0.3) is 10.9 Å². The zero-order chi connectivity index (χ0) is 17.7. The predicted molar refractivity (Wildman–Crippen MR) is 83.0 cm³/mol. The first kappa shape index (κ1) is 17.6. The number of para-hydroxylation sites is 1. The molecule has 2 N–H and O–H groups in total. The highest BCUT2D eigenvalue weighted by Gasteiger charge is 2.15. The number of rotatable bonds is 8. The van der Waals surface area contributed by atoms with Crippen LogP contribution >= 0.6 is 0 Å². The van der Waals surface area contributed by atoms with Gasteiger partial charge in [-0.3, -0.25) is 0 Å². The molecule has 0 spiro atoms. The fraction of sp³-hybridized carbons (Fsp3) is 0.375. The fourth-order valence-electron chi connectivity index (χ4n) is 2.23. The molecule has 1 atom stereocenters. The van der Waals surface area contributed by atoms with E-state index in [-0.39, 0.29) is 5.82 Å². The van der Waals surface area contributed by atoms with Crippen LogP contribution in [0.5, 0.6) is 0 Å². The van der Waals surface area contributed by atoms with Crippen LogP contribution in [0.1, 0.15) is 12.2 Å². The van der Waals surface area contributed by atoms with Gasteiger partial charge in [0.25, 0.3) is 0 Å². The highest BCUT2D eigenvalue weighted by atomic mass is 16.4. The molecule has 2 aromatic rings. The molecular weight excluding hydrogens is 312 g/mol. The smallest absolute Gasteiger partial charge is 0.138 e. The summed E-state index contributed by atoms with van der Waals surface area (Å²) in [5, 5.41) is 25.2. The number of likely N-dealkylation sites (N-methyl/N-ethyl adjacent to an activating group) is 1. The van der Waals surface area contributed by atoms with Gasteiger partial charge in [-0.05, 0) is 12.1 Å². The summed E-state index contributed by atoms with van der Waals surface area (Å²) in [6.07, 6.45) is -0.101. The van der Waals surface area contributed by atoms with Gasteiger partial charge in [0.15, 0.2) is 0 Å². The molecule has 0 radical (unpaired) electrons. The standard InChI is InChI=1S/C16H20N4O4/c1-20(2)8-7-13-17-11-6-4-3-5-10(11)15(19-13)18-12(16(23)24)9-14(21)22/h3-6,12H,7-9H2,1-2H3,(H,21,22)(H,23,24)(H,17,18,19)/p-1/t12-/m0/s1. The number of aliphatic carboxylic acids is 2. The van der Waals surface area contributed by atoms with Gasteiger partial charge in [0.05, 0.1) is 44.6 Å². The summed E-state index contributed by atoms with van der Waals surface area (Å²) in [5.74, 6) is -2.17. The maximum absolute atomic E-state index is 11.2. The number of carboxylic acids is 2. The first-order valence-corrected chi connectivity index (χ1v) is 7.58. The van der Waals surface area contributed by atoms with Crippen molar-refractivity contribution < 1.29 is 24.7 Å². The minimum atomic E-state index is -1.53. The molecule has 0 aliphatic heterocycles. The Hall–Kier alpha value is -2.74. The third kappa shape index (κ3) is 4.63. The molecule has 0 saturated heterocycles. The summed E-state index contributed by atoms with van der Waals surface area (Å²) < 4.78 is 0. The number of carbonyl (C=O) groups excluding carboxylic acids is 2. The lowest BCUT2D eigenvalue weighted by atomic mass is 10.1. The summed E-state index contributed by atoms with van der Waals surface area (Å²) in [5.41, 5.74) is 0.657. The highest BCUT2D eigenvalue weighted by Crippen LogP contribution is 2.21. The maximum Gasteiger partial charge on any atom is 0.138 e. The number of carbonyl (C=O) groups is 2. The quantitative estimate of drug-likeness (QED) is 0.528. The van der Waals surface area contributed by atoms with Gasteiger partial charge < -0.3 is 30.0 Å². The number of anilines is 1. The first-order valence-electron chi connectivity index (χ1n) is 7.58. The Bertz CT molecular complexity index is 748. The first-order chi connectivity index (χ1) is 11.4. The SMILES string of the molecule is C[NH+](C)CCc1nc(N[C@@H](CC(=O)[O-])C(=O)[O-])c2ccccc2n1. The highest BCUT2D eigenvalue weighted by molar-refractivity contribution is 5.91. The third-order valence-corrected chi connectivity index (χ3v) is 3.46. The average molecular weight is 331 g/mol. The van der Waals surface area contributed by atoms with Crippen LogP contribution in [0.3, 0.4) is 0 Å². The van der Waals surface area contributed by atoms with E-state index in [2.05, 4.69) is 15.3 Å². The van der Waals surface area contributed by atoms with Crippen LogP contribution in [0.2, 0.25) is 0 Å². The Balaban J connectivity index is 2.38. The zero-order valence-electron chi connectivity index (χ0n) is 13.5. The Labute approximate surface area is 139 Å². The second-order valence-electron chi connectivity index (χ2n) is 5.80. The molecule has 2 rings (SSSR count). The van der Waals surface area contributed by atoms with Crippen molar-refractivity contribution in [2.45, 2.75) is 18.9 Å². The van der Waals surface area contributed by atoms with Gasteiger partial charge >= 0.3 is 0 Å². The van der Waals surface area contributed by atoms with Crippen molar-refractivity contribution in [3.63, 3.8) is 0 Å². The number of fused-ring (bicyclic) bond motifs is 1. The van der Waals surface area contributed by atoms with E-state index in [0.29, 0.717) is 23.1 Å². The van der Waals surface area contributed by atoms with E-state index >= 15 is 0 Å². The Morgan fingerprint density at radius 2 is 1.92 bits per heavy atom. The molecule has 1 aromatic heterocycles. The van der Waals surface area contributed by atoms with Gasteiger partial charge in [-0.1, -0.05) is 12.1 Å². The second-order valence-corrected chi connectivity index (χ2v) is 5.80. The number of hydrogen-bond donors (Lipinski definition) is 2. The maximum atomic E-state index is 11.2. The number of aromatic nitrogens is 2. The van der Waals surface area contributed by atoms with Crippen molar-refractivity contribution >= 4 is 28.7 Å². The van der Waals surface area contributed by atoms with Crippen molar-refractivity contribution in [1.82, 2.24) is 9.97 Å². The van der Waals surface area contributed by atoms with Crippen LogP contribution in [-0.2, 0) is 16.0 Å². The zero-order valence-corrected chi connectivity index (χ0v) is 13.5. The molecule has 0 fully saturated rings. The molecule has 128 valence electrons. The van der Waals surface area contributed by atoms with E-state index in [4.69, 9.17) is 0 Å². The lowest BCUT2D eigenvalue weighted by Crippen LogP contribution is -3.06. The van der Waals surface area contributed by atoms with Gasteiger partial charge in [-0.15, -0.1) is 0 Å². The van der Waals surface area contributed by atoms with Crippen molar-refractivity contribution in [3.8, 4) is 0 Å². The van der Waals surface area contributed by atoms with Crippen LogP contribution in [-0.4, -0.2) is 48.6 Å². The topological polar surface area (TPSA) is 123 Å². The van der Waals surface area contributed by atoms with Crippen LogP contribution in [0, 0.1) is 0 Å². The van der Waals surface area contributed by atoms with Crippen LogP contribution in [0.4, 0.5) is 5.82 Å². The Kier molecular flexibility index (Phi) is 5.64. The summed E-state index contributed by atoms with van der Waals surface area (Å²) in [6, 6.07) is 5.69. The minimum absolute atomic E-state index is 0.278. The van der Waals surface area contributed by atoms with E-state index in [9.17, 15) is 19.8 Å². The van der Waals surface area contributed by atoms with E-state index in [1.807, 2.05) is 20.2 Å². The number of nitrogens with zero attached hydrogens (tertiary/aromatic N) is 2.